The third kappa shape index (κ3) is 17.7. The van der Waals surface area contributed by atoms with Crippen LogP contribution in [0.4, 0.5) is 0 Å². The van der Waals surface area contributed by atoms with Crippen molar-refractivity contribution in [2.24, 2.45) is 11.5 Å². The lowest BCUT2D eigenvalue weighted by Gasteiger charge is -1.82. The average Bonchev–Trinajstić information content (AvgIpc) is 2.08. The lowest BCUT2D eigenvalue weighted by molar-refractivity contribution is 1.45. The molecule has 0 aliphatic rings. The summed E-state index contributed by atoms with van der Waals surface area (Å²) in [5.41, 5.74) is 9.63. The fourth-order valence-electron chi connectivity index (χ4n) is 0.534. The van der Waals surface area contributed by atoms with Crippen LogP contribution in [-0.2, 0) is 0 Å². The van der Waals surface area contributed by atoms with Gasteiger partial charge in [0.2, 0.25) is 0 Å². The summed E-state index contributed by atoms with van der Waals surface area (Å²) < 4.78 is 0. The van der Waals surface area contributed by atoms with Crippen LogP contribution in [0.25, 0.3) is 0 Å². The molecule has 1 aromatic carbocycles. The predicted octanol–water partition coefficient (Wildman–Crippen LogP) is 0.847. The highest BCUT2D eigenvalue weighted by molar-refractivity contribution is 5.11. The molecule has 0 bridgehead atoms. The third-order valence-corrected chi connectivity index (χ3v) is 0.940. The number of benzene rings is 1. The van der Waals surface area contributed by atoms with Crippen LogP contribution in [0.15, 0.2) is 30.3 Å². The number of nitrogens with zero attached hydrogens (tertiary/aromatic N) is 2. The zero-order valence-electron chi connectivity index (χ0n) is 7.44. The summed E-state index contributed by atoms with van der Waals surface area (Å²) in [6.45, 7) is 2.08. The second kappa shape index (κ2) is 12.5. The van der Waals surface area contributed by atoms with Gasteiger partial charge in [0.15, 0.2) is 12.4 Å². The molecule has 0 aromatic heterocycles. The second-order valence-electron chi connectivity index (χ2n) is 1.91. The Labute approximate surface area is 78.0 Å². The highest BCUT2D eigenvalue weighted by atomic mass is 14.5. The van der Waals surface area contributed by atoms with Gasteiger partial charge in [0.1, 0.15) is 0 Å². The predicted molar refractivity (Wildman–Crippen MR) is 50.8 cm³/mol. The Kier molecular flexibility index (Phi) is 12.9. The van der Waals surface area contributed by atoms with Crippen LogP contribution in [0.5, 0.6) is 0 Å². The van der Waals surface area contributed by atoms with Crippen molar-refractivity contribution in [1.82, 2.24) is 0 Å². The van der Waals surface area contributed by atoms with Gasteiger partial charge >= 0.3 is 0 Å². The van der Waals surface area contributed by atoms with Gasteiger partial charge in [-0.2, -0.15) is 10.5 Å². The Balaban J connectivity index is 0. The largest absolute Gasteiger partial charge is 0.337 e. The Morgan fingerprint density at radius 3 is 1.46 bits per heavy atom. The molecule has 4 heteroatoms. The van der Waals surface area contributed by atoms with Crippen molar-refractivity contribution in [3.05, 3.63) is 35.9 Å². The first-order valence-electron chi connectivity index (χ1n) is 3.44. The van der Waals surface area contributed by atoms with Gasteiger partial charge in [-0.25, -0.2) is 0 Å². The average molecular weight is 176 g/mol. The lowest BCUT2D eigenvalue weighted by Crippen LogP contribution is -1.69. The fraction of sp³-hybridized carbons (Fsp3) is 0.111. The molecule has 0 radical (unpaired) electrons. The van der Waals surface area contributed by atoms with E-state index in [0.29, 0.717) is 0 Å². The van der Waals surface area contributed by atoms with Crippen molar-refractivity contribution in [2.45, 2.75) is 6.92 Å². The molecule has 0 heterocycles. The highest BCUT2D eigenvalue weighted by Crippen LogP contribution is 1.92. The Morgan fingerprint density at radius 2 is 1.31 bits per heavy atom. The van der Waals surface area contributed by atoms with Crippen LogP contribution in [0.1, 0.15) is 5.56 Å². The Bertz CT molecular complexity index is 256. The van der Waals surface area contributed by atoms with Gasteiger partial charge in [-0.1, -0.05) is 35.9 Å². The topological polar surface area (TPSA) is 99.6 Å². The SMILES string of the molecule is Cc1ccccc1.N#CN.N#CN. The van der Waals surface area contributed by atoms with Crippen LogP contribution in [0.2, 0.25) is 0 Å². The van der Waals surface area contributed by atoms with E-state index in [-0.39, 0.29) is 0 Å². The zero-order valence-corrected chi connectivity index (χ0v) is 7.44. The van der Waals surface area contributed by atoms with E-state index >= 15 is 0 Å². The minimum Gasteiger partial charge on any atom is -0.337 e. The monoisotopic (exact) mass is 176 g/mol. The summed E-state index contributed by atoms with van der Waals surface area (Å²) in [6.07, 6.45) is 2.50. The van der Waals surface area contributed by atoms with Gasteiger partial charge in [0, 0.05) is 0 Å². The Morgan fingerprint density at radius 1 is 1.00 bits per heavy atom. The van der Waals surface area contributed by atoms with Gasteiger partial charge in [0.05, 0.1) is 0 Å². The smallest absolute Gasteiger partial charge is 0.173 e. The van der Waals surface area contributed by atoms with E-state index in [1.165, 1.54) is 17.9 Å². The number of hydrogen-bond donors (Lipinski definition) is 2. The summed E-state index contributed by atoms with van der Waals surface area (Å²) in [4.78, 5) is 0. The molecule has 0 aliphatic heterocycles. The van der Waals surface area contributed by atoms with Crippen molar-refractivity contribution in [1.29, 1.82) is 10.5 Å². The van der Waals surface area contributed by atoms with Gasteiger partial charge < -0.3 is 11.5 Å². The Hall–Kier alpha value is -2.20. The molecule has 0 aliphatic carbocycles. The molecule has 1 rings (SSSR count). The molecule has 13 heavy (non-hydrogen) atoms. The zero-order chi connectivity index (χ0) is 10.5. The highest BCUT2D eigenvalue weighted by Gasteiger charge is 1.72. The fourth-order valence-corrected chi connectivity index (χ4v) is 0.534. The van der Waals surface area contributed by atoms with E-state index in [1.807, 2.05) is 18.2 Å². The molecule has 68 valence electrons. The summed E-state index contributed by atoms with van der Waals surface area (Å²) in [6, 6.07) is 10.3. The molecule has 0 atom stereocenters. The number of nitriles is 2. The molecular weight excluding hydrogens is 164 g/mol. The van der Waals surface area contributed by atoms with Gasteiger partial charge in [-0.05, 0) is 6.92 Å². The summed E-state index contributed by atoms with van der Waals surface area (Å²) in [7, 11) is 0. The maximum atomic E-state index is 7.10. The van der Waals surface area contributed by atoms with Crippen LogP contribution >= 0.6 is 0 Å². The third-order valence-electron chi connectivity index (χ3n) is 0.940. The summed E-state index contributed by atoms with van der Waals surface area (Å²) in [5.74, 6) is 0. The number of rotatable bonds is 0. The molecule has 4 N–H and O–H groups in total. The van der Waals surface area contributed by atoms with E-state index in [1.54, 1.807) is 0 Å². The van der Waals surface area contributed by atoms with E-state index in [4.69, 9.17) is 10.5 Å². The van der Waals surface area contributed by atoms with Gasteiger partial charge in [0.25, 0.3) is 0 Å². The van der Waals surface area contributed by atoms with Crippen molar-refractivity contribution in [3.8, 4) is 12.4 Å². The molecule has 0 saturated carbocycles. The summed E-state index contributed by atoms with van der Waals surface area (Å²) >= 11 is 0. The number of nitrogens with two attached hydrogens (primary N) is 2. The molecule has 4 nitrogen and oxygen atoms in total. The molecule has 0 fully saturated rings. The van der Waals surface area contributed by atoms with Crippen molar-refractivity contribution < 1.29 is 0 Å². The standard InChI is InChI=1S/C7H8.2CH2N2/c1-7-5-3-2-4-6-7;2*2-1-3/h2-6H,1H3;2*2H2. The van der Waals surface area contributed by atoms with Crippen LogP contribution < -0.4 is 11.5 Å². The first kappa shape index (κ1) is 13.4. The molecule has 0 spiro atoms. The van der Waals surface area contributed by atoms with E-state index < -0.39 is 0 Å². The number of aryl methyl sites for hydroxylation is 1. The van der Waals surface area contributed by atoms with E-state index in [9.17, 15) is 0 Å². The van der Waals surface area contributed by atoms with Gasteiger partial charge in [-0.15, -0.1) is 0 Å². The maximum absolute atomic E-state index is 7.10. The van der Waals surface area contributed by atoms with Crippen molar-refractivity contribution in [3.63, 3.8) is 0 Å². The van der Waals surface area contributed by atoms with E-state index in [2.05, 4.69) is 30.5 Å². The van der Waals surface area contributed by atoms with Crippen molar-refractivity contribution >= 4 is 0 Å². The quantitative estimate of drug-likeness (QED) is 0.452. The molecule has 0 saturated heterocycles. The lowest BCUT2D eigenvalue weighted by atomic mass is 10.2. The van der Waals surface area contributed by atoms with Crippen LogP contribution in [0, 0.1) is 29.8 Å². The molecule has 1 aromatic rings. The molecule has 0 unspecified atom stereocenters. The maximum Gasteiger partial charge on any atom is 0.173 e. The summed E-state index contributed by atoms with van der Waals surface area (Å²) in [5, 5.41) is 14.2. The van der Waals surface area contributed by atoms with Crippen LogP contribution in [-0.4, -0.2) is 0 Å². The van der Waals surface area contributed by atoms with Gasteiger partial charge in [-0.3, -0.25) is 0 Å². The molecule has 0 amide bonds. The van der Waals surface area contributed by atoms with Crippen LogP contribution in [0.3, 0.4) is 0 Å². The first-order chi connectivity index (χ1) is 6.22. The minimum absolute atomic E-state index is 1.25. The normalized spacial score (nSPS) is 5.77. The second-order valence-corrected chi connectivity index (χ2v) is 1.91. The molecular formula is C9H12N4. The van der Waals surface area contributed by atoms with E-state index in [0.717, 1.165) is 0 Å². The van der Waals surface area contributed by atoms with Crippen molar-refractivity contribution in [2.75, 3.05) is 0 Å². The minimum atomic E-state index is 1.25. The first-order valence-corrected chi connectivity index (χ1v) is 3.44. The number of hydrogen-bond acceptors (Lipinski definition) is 4.